The third kappa shape index (κ3) is 12.0. The molecule has 0 aliphatic heterocycles. The van der Waals surface area contributed by atoms with Crippen molar-refractivity contribution in [2.75, 3.05) is 31.2 Å². The van der Waals surface area contributed by atoms with Gasteiger partial charge in [0, 0.05) is 25.3 Å². The van der Waals surface area contributed by atoms with Gasteiger partial charge in [-0.1, -0.05) is 6.92 Å². The molecule has 0 heterocycles. The summed E-state index contributed by atoms with van der Waals surface area (Å²) >= 11 is 1.76. The van der Waals surface area contributed by atoms with Crippen LogP contribution in [0.15, 0.2) is 0 Å². The summed E-state index contributed by atoms with van der Waals surface area (Å²) in [4.78, 5) is 11.4. The fourth-order valence-electron chi connectivity index (χ4n) is 1.43. The number of aliphatic hydroxyl groups excluding tert-OH is 1. The average Bonchev–Trinajstić information content (AvgIpc) is 2.31. The summed E-state index contributed by atoms with van der Waals surface area (Å²) in [5.41, 5.74) is 5.45. The van der Waals surface area contributed by atoms with Crippen molar-refractivity contribution < 1.29 is 9.90 Å². The molecule has 0 aromatic carbocycles. The minimum absolute atomic E-state index is 0.136. The standard InChI is InChI=1S/C12H26N2O2S/c1-11(5-6-13)3-4-12(16)14-7-10-17-9-2-8-15/h11,15H,2-10,13H2,1H3,(H,14,16). The Hall–Kier alpha value is -0.260. The van der Waals surface area contributed by atoms with Crippen LogP contribution in [0.25, 0.3) is 0 Å². The van der Waals surface area contributed by atoms with E-state index in [1.165, 1.54) is 0 Å². The normalized spacial score (nSPS) is 12.4. The number of thioether (sulfide) groups is 1. The van der Waals surface area contributed by atoms with Crippen molar-refractivity contribution in [2.45, 2.75) is 32.6 Å². The molecule has 102 valence electrons. The second-order valence-corrected chi connectivity index (χ2v) is 5.49. The molecule has 4 N–H and O–H groups in total. The number of nitrogens with one attached hydrogen (secondary N) is 1. The summed E-state index contributed by atoms with van der Waals surface area (Å²) in [5.74, 6) is 2.55. The zero-order chi connectivity index (χ0) is 12.9. The Morgan fingerprint density at radius 1 is 1.41 bits per heavy atom. The topological polar surface area (TPSA) is 75.4 Å². The van der Waals surface area contributed by atoms with Gasteiger partial charge in [0.2, 0.25) is 5.91 Å². The molecule has 1 amide bonds. The molecule has 4 nitrogen and oxygen atoms in total. The molecule has 0 aromatic heterocycles. The third-order valence-corrected chi connectivity index (χ3v) is 3.61. The Morgan fingerprint density at radius 2 is 2.18 bits per heavy atom. The lowest BCUT2D eigenvalue weighted by atomic mass is 10.0. The van der Waals surface area contributed by atoms with Crippen LogP contribution in [-0.4, -0.2) is 42.2 Å². The van der Waals surface area contributed by atoms with E-state index in [4.69, 9.17) is 10.8 Å². The van der Waals surface area contributed by atoms with Gasteiger partial charge < -0.3 is 16.2 Å². The minimum atomic E-state index is 0.136. The van der Waals surface area contributed by atoms with Crippen LogP contribution < -0.4 is 11.1 Å². The predicted molar refractivity (Wildman–Crippen MR) is 74.1 cm³/mol. The quantitative estimate of drug-likeness (QED) is 0.485. The van der Waals surface area contributed by atoms with E-state index >= 15 is 0 Å². The van der Waals surface area contributed by atoms with E-state index in [9.17, 15) is 4.79 Å². The average molecular weight is 262 g/mol. The Bertz CT molecular complexity index is 191. The van der Waals surface area contributed by atoms with E-state index < -0.39 is 0 Å². The summed E-state index contributed by atoms with van der Waals surface area (Å²) < 4.78 is 0. The maximum absolute atomic E-state index is 11.4. The molecule has 1 unspecified atom stereocenters. The summed E-state index contributed by atoms with van der Waals surface area (Å²) in [6, 6.07) is 0. The summed E-state index contributed by atoms with van der Waals surface area (Å²) in [5, 5.41) is 11.5. The van der Waals surface area contributed by atoms with Gasteiger partial charge in [0.05, 0.1) is 0 Å². The van der Waals surface area contributed by atoms with Crippen LogP contribution in [0.5, 0.6) is 0 Å². The lowest BCUT2D eigenvalue weighted by Gasteiger charge is -2.09. The number of carbonyl (C=O) groups is 1. The lowest BCUT2D eigenvalue weighted by molar-refractivity contribution is -0.121. The highest BCUT2D eigenvalue weighted by molar-refractivity contribution is 7.99. The van der Waals surface area contributed by atoms with Gasteiger partial charge in [-0.15, -0.1) is 0 Å². The molecule has 1 atom stereocenters. The molecule has 0 saturated carbocycles. The van der Waals surface area contributed by atoms with E-state index in [-0.39, 0.29) is 12.5 Å². The van der Waals surface area contributed by atoms with E-state index in [1.807, 2.05) is 0 Å². The van der Waals surface area contributed by atoms with E-state index in [1.54, 1.807) is 11.8 Å². The third-order valence-electron chi connectivity index (χ3n) is 2.54. The number of hydrogen-bond acceptors (Lipinski definition) is 4. The molecular weight excluding hydrogens is 236 g/mol. The first-order valence-electron chi connectivity index (χ1n) is 6.36. The van der Waals surface area contributed by atoms with E-state index in [0.29, 0.717) is 18.9 Å². The van der Waals surface area contributed by atoms with Crippen LogP contribution in [0.2, 0.25) is 0 Å². The molecule has 0 saturated heterocycles. The van der Waals surface area contributed by atoms with Crippen LogP contribution in [0.1, 0.15) is 32.6 Å². The first-order valence-corrected chi connectivity index (χ1v) is 7.51. The van der Waals surface area contributed by atoms with Crippen molar-refractivity contribution in [1.82, 2.24) is 5.32 Å². The van der Waals surface area contributed by atoms with Gasteiger partial charge in [-0.2, -0.15) is 11.8 Å². The molecule has 5 heteroatoms. The highest BCUT2D eigenvalue weighted by Crippen LogP contribution is 2.08. The summed E-state index contributed by atoms with van der Waals surface area (Å²) in [7, 11) is 0. The molecule has 0 aliphatic carbocycles. The molecule has 17 heavy (non-hydrogen) atoms. The van der Waals surface area contributed by atoms with Crippen LogP contribution >= 0.6 is 11.8 Å². The van der Waals surface area contributed by atoms with Crippen LogP contribution in [0.3, 0.4) is 0 Å². The van der Waals surface area contributed by atoms with E-state index in [2.05, 4.69) is 12.2 Å². The Kier molecular flexibility index (Phi) is 12.0. The number of nitrogens with two attached hydrogens (primary N) is 1. The van der Waals surface area contributed by atoms with Gasteiger partial charge in [-0.05, 0) is 37.5 Å². The molecular formula is C12H26N2O2S. The van der Waals surface area contributed by atoms with Crippen molar-refractivity contribution in [3.8, 4) is 0 Å². The Morgan fingerprint density at radius 3 is 2.82 bits per heavy atom. The molecule has 0 aliphatic rings. The highest BCUT2D eigenvalue weighted by Gasteiger charge is 2.05. The fourth-order valence-corrected chi connectivity index (χ4v) is 2.21. The molecule has 0 bridgehead atoms. The second kappa shape index (κ2) is 12.2. The monoisotopic (exact) mass is 262 g/mol. The number of rotatable bonds is 11. The zero-order valence-electron chi connectivity index (χ0n) is 10.8. The minimum Gasteiger partial charge on any atom is -0.396 e. The zero-order valence-corrected chi connectivity index (χ0v) is 11.6. The van der Waals surface area contributed by atoms with Gasteiger partial charge in [0.15, 0.2) is 0 Å². The molecule has 0 aromatic rings. The maximum Gasteiger partial charge on any atom is 0.220 e. The molecule has 0 spiro atoms. The number of hydrogen-bond donors (Lipinski definition) is 3. The number of amides is 1. The van der Waals surface area contributed by atoms with Crippen LogP contribution in [-0.2, 0) is 4.79 Å². The maximum atomic E-state index is 11.4. The van der Waals surface area contributed by atoms with Crippen molar-refractivity contribution >= 4 is 17.7 Å². The first kappa shape index (κ1) is 16.7. The van der Waals surface area contributed by atoms with E-state index in [0.717, 1.165) is 37.3 Å². The van der Waals surface area contributed by atoms with Gasteiger partial charge in [-0.25, -0.2) is 0 Å². The highest BCUT2D eigenvalue weighted by atomic mass is 32.2. The first-order chi connectivity index (χ1) is 8.20. The largest absolute Gasteiger partial charge is 0.396 e. The Labute approximate surface area is 109 Å². The van der Waals surface area contributed by atoms with Crippen molar-refractivity contribution in [3.05, 3.63) is 0 Å². The second-order valence-electron chi connectivity index (χ2n) is 4.26. The number of aliphatic hydroxyl groups is 1. The smallest absolute Gasteiger partial charge is 0.220 e. The van der Waals surface area contributed by atoms with Gasteiger partial charge in [0.1, 0.15) is 0 Å². The van der Waals surface area contributed by atoms with Crippen molar-refractivity contribution in [1.29, 1.82) is 0 Å². The summed E-state index contributed by atoms with van der Waals surface area (Å²) in [6.07, 6.45) is 3.34. The van der Waals surface area contributed by atoms with Crippen molar-refractivity contribution in [3.63, 3.8) is 0 Å². The fraction of sp³-hybridized carbons (Fsp3) is 0.917. The molecule has 0 radical (unpaired) electrons. The molecule has 0 rings (SSSR count). The number of carbonyl (C=O) groups excluding carboxylic acids is 1. The predicted octanol–water partition coefficient (Wildman–Crippen LogP) is 0.983. The summed E-state index contributed by atoms with van der Waals surface area (Å²) in [6.45, 7) is 3.80. The van der Waals surface area contributed by atoms with Crippen LogP contribution in [0.4, 0.5) is 0 Å². The van der Waals surface area contributed by atoms with Crippen LogP contribution in [0, 0.1) is 5.92 Å². The van der Waals surface area contributed by atoms with Crippen molar-refractivity contribution in [2.24, 2.45) is 11.7 Å². The Balaban J connectivity index is 3.28. The van der Waals surface area contributed by atoms with Gasteiger partial charge >= 0.3 is 0 Å². The van der Waals surface area contributed by atoms with Gasteiger partial charge in [-0.3, -0.25) is 4.79 Å². The lowest BCUT2D eigenvalue weighted by Crippen LogP contribution is -2.26. The molecule has 0 fully saturated rings. The SMILES string of the molecule is CC(CCN)CCC(=O)NCCSCCCO. The van der Waals surface area contributed by atoms with Gasteiger partial charge in [0.25, 0.3) is 0 Å².